The van der Waals surface area contributed by atoms with E-state index in [-0.39, 0.29) is 15.8 Å². The fourth-order valence-electron chi connectivity index (χ4n) is 8.52. The first-order chi connectivity index (χ1) is 19.7. The van der Waals surface area contributed by atoms with E-state index in [2.05, 4.69) is 80.2 Å². The van der Waals surface area contributed by atoms with Crippen molar-refractivity contribution in [2.75, 3.05) is 6.16 Å². The van der Waals surface area contributed by atoms with Crippen LogP contribution in [-0.2, 0) is 12.3 Å². The minimum absolute atomic E-state index is 0.357. The molecule has 4 aliphatic rings. The van der Waals surface area contributed by atoms with Crippen molar-refractivity contribution in [3.8, 4) is 0 Å². The molecule has 0 spiro atoms. The van der Waals surface area contributed by atoms with Gasteiger partial charge in [0.2, 0.25) is 0 Å². The second-order valence-electron chi connectivity index (χ2n) is 12.9. The van der Waals surface area contributed by atoms with E-state index in [4.69, 9.17) is 9.97 Å². The number of nitrogens with zero attached hydrogens (tertiary/aromatic N) is 2. The fourth-order valence-corrected chi connectivity index (χ4v) is 14.5. The summed E-state index contributed by atoms with van der Waals surface area (Å²) in [5, 5.41) is 0.496. The van der Waals surface area contributed by atoms with Gasteiger partial charge in [0.15, 0.2) is 0 Å². The van der Waals surface area contributed by atoms with E-state index in [1.165, 1.54) is 74.6 Å². The van der Waals surface area contributed by atoms with Crippen LogP contribution in [0.3, 0.4) is 0 Å². The Hall–Kier alpha value is -1.88. The van der Waals surface area contributed by atoms with Crippen molar-refractivity contribution in [1.82, 2.24) is 9.97 Å². The molecule has 2 aromatic heterocycles. The molecule has 0 radical (unpaired) electrons. The summed E-state index contributed by atoms with van der Waals surface area (Å²) in [5.74, 6) is 3.63. The van der Waals surface area contributed by atoms with Crippen LogP contribution in [0.2, 0.25) is 0 Å². The molecule has 0 aliphatic heterocycles. The zero-order valence-corrected chi connectivity index (χ0v) is 26.1. The Morgan fingerprint density at radius 1 is 0.825 bits per heavy atom. The lowest BCUT2D eigenvalue weighted by Gasteiger charge is -2.59. The van der Waals surface area contributed by atoms with Crippen molar-refractivity contribution >= 4 is 26.7 Å². The lowest BCUT2D eigenvalue weighted by molar-refractivity contribution is 0.0359. The van der Waals surface area contributed by atoms with E-state index >= 15 is 0 Å². The molecule has 4 aliphatic carbocycles. The van der Waals surface area contributed by atoms with Gasteiger partial charge in [-0.1, -0.05) is 63.7 Å². The first-order valence-electron chi connectivity index (χ1n) is 15.7. The zero-order valence-electron chi connectivity index (χ0n) is 24.3. The molecular weight excluding hydrogens is 522 g/mol. The first-order valence-corrected chi connectivity index (χ1v) is 18.9. The van der Waals surface area contributed by atoms with Gasteiger partial charge in [-0.05, 0) is 142 Å². The molecule has 4 fully saturated rings. The van der Waals surface area contributed by atoms with Crippen LogP contribution in [0, 0.1) is 23.7 Å². The predicted octanol–water partition coefficient (Wildman–Crippen LogP) is 9.05. The van der Waals surface area contributed by atoms with E-state index in [0.29, 0.717) is 5.16 Å². The highest BCUT2D eigenvalue weighted by atomic mass is 31.1. The van der Waals surface area contributed by atoms with Gasteiger partial charge in [0, 0.05) is 12.4 Å². The van der Waals surface area contributed by atoms with Gasteiger partial charge in [0.1, 0.15) is 0 Å². The Morgan fingerprint density at radius 3 is 1.95 bits per heavy atom. The first kappa shape index (κ1) is 28.2. The smallest absolute Gasteiger partial charge is 0.0639 e. The third-order valence-electron chi connectivity index (χ3n) is 10.2. The third-order valence-corrected chi connectivity index (χ3v) is 15.8. The van der Waals surface area contributed by atoms with Crippen LogP contribution in [0.15, 0.2) is 85.7 Å². The molecule has 1 aromatic carbocycles. The molecule has 0 saturated heterocycles. The number of pyridine rings is 2. The van der Waals surface area contributed by atoms with Crippen molar-refractivity contribution in [3.63, 3.8) is 0 Å². The summed E-state index contributed by atoms with van der Waals surface area (Å²) in [5.41, 5.74) is 5.85. The van der Waals surface area contributed by atoms with Crippen LogP contribution in [0.1, 0.15) is 75.8 Å². The highest BCUT2D eigenvalue weighted by molar-refractivity contribution is 7.66. The van der Waals surface area contributed by atoms with E-state index in [1.807, 2.05) is 12.4 Å². The highest BCUT2D eigenvalue weighted by Crippen LogP contribution is 2.69. The summed E-state index contributed by atoms with van der Waals surface area (Å²) in [4.78, 5) is 9.95. The summed E-state index contributed by atoms with van der Waals surface area (Å²) in [7, 11) is -0.715. The largest absolute Gasteiger partial charge is 0.257 e. The molecule has 210 valence electrons. The van der Waals surface area contributed by atoms with Gasteiger partial charge >= 0.3 is 0 Å². The molecule has 3 atom stereocenters. The highest BCUT2D eigenvalue weighted by Gasteiger charge is 2.54. The van der Waals surface area contributed by atoms with Crippen LogP contribution in [0.25, 0.3) is 0 Å². The van der Waals surface area contributed by atoms with Crippen molar-refractivity contribution in [1.29, 1.82) is 0 Å². The van der Waals surface area contributed by atoms with Crippen molar-refractivity contribution in [3.05, 3.63) is 96.8 Å². The number of benzene rings is 1. The van der Waals surface area contributed by atoms with Crippen molar-refractivity contribution in [2.45, 2.75) is 82.2 Å². The van der Waals surface area contributed by atoms with Gasteiger partial charge in [-0.3, -0.25) is 9.97 Å². The molecule has 0 N–H and O–H groups in total. The van der Waals surface area contributed by atoms with Crippen LogP contribution < -0.4 is 10.9 Å². The summed E-state index contributed by atoms with van der Waals surface area (Å²) in [6.45, 7) is 6.35. The Labute approximate surface area is 245 Å². The Balaban J connectivity index is 1.29. The topological polar surface area (TPSA) is 25.8 Å². The van der Waals surface area contributed by atoms with Crippen LogP contribution in [-0.4, -0.2) is 21.3 Å². The maximum absolute atomic E-state index is 5.06. The van der Waals surface area contributed by atoms with Gasteiger partial charge in [-0.15, -0.1) is 6.58 Å². The quantitative estimate of drug-likeness (QED) is 0.152. The normalized spacial score (nSPS) is 27.3. The van der Waals surface area contributed by atoms with Crippen molar-refractivity contribution < 1.29 is 0 Å². The molecule has 0 amide bonds. The maximum atomic E-state index is 5.06. The van der Waals surface area contributed by atoms with Gasteiger partial charge in [-0.2, -0.15) is 0 Å². The van der Waals surface area contributed by atoms with Crippen LogP contribution >= 0.6 is 15.8 Å². The molecule has 4 saturated carbocycles. The monoisotopic (exact) mass is 568 g/mol. The molecule has 7 rings (SSSR count). The number of rotatable bonds is 13. The number of hydrogen-bond donors (Lipinski definition) is 0. The molecule has 40 heavy (non-hydrogen) atoms. The van der Waals surface area contributed by atoms with E-state index in [9.17, 15) is 0 Å². The van der Waals surface area contributed by atoms with Crippen molar-refractivity contribution in [2.24, 2.45) is 23.7 Å². The molecule has 3 aromatic rings. The lowest BCUT2D eigenvalue weighted by atomic mass is 9.56. The number of hydrogen-bond acceptors (Lipinski definition) is 2. The van der Waals surface area contributed by atoms with Crippen LogP contribution in [0.5, 0.6) is 0 Å². The standard InChI is InChI=1S/C36H46N2P2/c1-3-11-28(4-2)16-19-39(34-14-7-9-17-37-34)26-32-12-5-6-13-33(32)27-40(35-15-8-10-18-38-35)36-23-29-20-30(24-36)22-31(21-29)25-36/h3,5-10,12-15,17-18,28-31H,1,4,11,16,19-27H2,2H3. The second-order valence-corrected chi connectivity index (χ2v) is 17.8. The van der Waals surface area contributed by atoms with Crippen LogP contribution in [0.4, 0.5) is 0 Å². The Bertz CT molecular complexity index is 1210. The SMILES string of the molecule is C=CCC(CC)CCP(Cc1ccccc1CP(c1ccccn1)C12CC3CC(CC(C3)C1)C2)c1ccccn1. The average molecular weight is 569 g/mol. The predicted molar refractivity (Wildman–Crippen MR) is 174 cm³/mol. The number of aromatic nitrogens is 2. The van der Waals surface area contributed by atoms with E-state index in [0.717, 1.165) is 36.3 Å². The van der Waals surface area contributed by atoms with Gasteiger partial charge in [0.05, 0.1) is 10.9 Å². The summed E-state index contributed by atoms with van der Waals surface area (Å²) < 4.78 is 0. The summed E-state index contributed by atoms with van der Waals surface area (Å²) >= 11 is 0. The molecule has 2 heterocycles. The Kier molecular flexibility index (Phi) is 9.16. The second kappa shape index (κ2) is 13.0. The van der Waals surface area contributed by atoms with Gasteiger partial charge in [-0.25, -0.2) is 0 Å². The molecule has 2 nitrogen and oxygen atoms in total. The van der Waals surface area contributed by atoms with E-state index < -0.39 is 0 Å². The van der Waals surface area contributed by atoms with Gasteiger partial charge in [0.25, 0.3) is 0 Å². The molecular formula is C36H46N2P2. The number of allylic oxidation sites excluding steroid dienone is 1. The molecule has 4 bridgehead atoms. The molecule has 4 heteroatoms. The van der Waals surface area contributed by atoms with Gasteiger partial charge < -0.3 is 0 Å². The third kappa shape index (κ3) is 6.30. The summed E-state index contributed by atoms with van der Waals surface area (Å²) in [6.07, 6.45) is 22.2. The average Bonchev–Trinajstić information content (AvgIpc) is 2.98. The molecule has 3 unspecified atom stereocenters. The minimum atomic E-state index is -0.358. The summed E-state index contributed by atoms with van der Waals surface area (Å²) in [6, 6.07) is 22.6. The lowest BCUT2D eigenvalue weighted by Crippen LogP contribution is -2.50. The Morgan fingerprint density at radius 2 is 1.40 bits per heavy atom. The van der Waals surface area contributed by atoms with E-state index in [1.54, 1.807) is 11.1 Å². The maximum Gasteiger partial charge on any atom is 0.0639 e. The zero-order chi connectivity index (χ0) is 27.4. The fraction of sp³-hybridized carbons (Fsp3) is 0.500. The minimum Gasteiger partial charge on any atom is -0.257 e.